The molecule has 0 aromatic heterocycles. The predicted octanol–water partition coefficient (Wildman–Crippen LogP) is 2.89. The summed E-state index contributed by atoms with van der Waals surface area (Å²) in [5.74, 6) is 2.67. The first-order valence-electron chi connectivity index (χ1n) is 5.52. The molecule has 0 radical (unpaired) electrons. The van der Waals surface area contributed by atoms with Crippen LogP contribution in [0.5, 0.6) is 0 Å². The monoisotopic (exact) mass is 180 g/mol. The topological polar surface area (TPSA) is 17.1 Å². The van der Waals surface area contributed by atoms with Crippen LogP contribution >= 0.6 is 0 Å². The summed E-state index contributed by atoms with van der Waals surface area (Å²) in [4.78, 5) is 10.9. The molecule has 13 heavy (non-hydrogen) atoms. The number of aldehydes is 1. The van der Waals surface area contributed by atoms with Gasteiger partial charge in [-0.3, -0.25) is 0 Å². The molecule has 2 saturated carbocycles. The van der Waals surface area contributed by atoms with Crippen LogP contribution in [-0.4, -0.2) is 6.29 Å². The molecule has 2 aliphatic carbocycles. The highest BCUT2D eigenvalue weighted by molar-refractivity contribution is 5.54. The summed E-state index contributed by atoms with van der Waals surface area (Å²) < 4.78 is 0. The maximum absolute atomic E-state index is 10.9. The average Bonchev–Trinajstić information content (AvgIpc) is 2.60. The smallest absolute Gasteiger partial charge is 0.123 e. The molecule has 2 bridgehead atoms. The molecule has 4 unspecified atom stereocenters. The Hall–Kier alpha value is -0.330. The average molecular weight is 180 g/mol. The van der Waals surface area contributed by atoms with Crippen LogP contribution in [-0.2, 0) is 4.79 Å². The highest BCUT2D eigenvalue weighted by Gasteiger charge is 2.53. The summed E-state index contributed by atoms with van der Waals surface area (Å²) in [6, 6.07) is 0. The first-order valence-corrected chi connectivity index (χ1v) is 5.52. The van der Waals surface area contributed by atoms with E-state index in [1.165, 1.54) is 19.3 Å². The number of carbonyl (C=O) groups excluding carboxylic acids is 1. The molecule has 4 atom stereocenters. The molecule has 0 amide bonds. The van der Waals surface area contributed by atoms with Crippen LogP contribution in [0.2, 0.25) is 0 Å². The fraction of sp³-hybridized carbons (Fsp3) is 0.917. The van der Waals surface area contributed by atoms with Gasteiger partial charge in [0.1, 0.15) is 6.29 Å². The van der Waals surface area contributed by atoms with Gasteiger partial charge < -0.3 is 4.79 Å². The van der Waals surface area contributed by atoms with Gasteiger partial charge in [-0.05, 0) is 42.4 Å². The Morgan fingerprint density at radius 3 is 2.54 bits per heavy atom. The van der Waals surface area contributed by atoms with Crippen molar-refractivity contribution in [2.75, 3.05) is 0 Å². The molecule has 2 rings (SSSR count). The molecule has 0 heterocycles. The molecular weight excluding hydrogens is 160 g/mol. The molecule has 2 aliphatic rings. The van der Waals surface area contributed by atoms with Gasteiger partial charge in [-0.1, -0.05) is 20.8 Å². The van der Waals surface area contributed by atoms with Crippen molar-refractivity contribution in [1.82, 2.24) is 0 Å². The lowest BCUT2D eigenvalue weighted by Crippen LogP contribution is -2.35. The summed E-state index contributed by atoms with van der Waals surface area (Å²) in [5.41, 5.74) is 0.420. The number of hydrogen-bond donors (Lipinski definition) is 0. The van der Waals surface area contributed by atoms with Crippen molar-refractivity contribution in [3.63, 3.8) is 0 Å². The SMILES string of the molecule is CC(C=O)C1C2CCC(C2)C1(C)C. The molecule has 0 aliphatic heterocycles. The molecular formula is C12H20O. The summed E-state index contributed by atoms with van der Waals surface area (Å²) in [6.45, 7) is 6.82. The van der Waals surface area contributed by atoms with Gasteiger partial charge in [-0.2, -0.15) is 0 Å². The Bertz CT molecular complexity index is 219. The van der Waals surface area contributed by atoms with E-state index in [9.17, 15) is 4.79 Å². The lowest BCUT2D eigenvalue weighted by molar-refractivity contribution is -0.114. The zero-order valence-electron chi connectivity index (χ0n) is 8.92. The lowest BCUT2D eigenvalue weighted by Gasteiger charge is -2.40. The minimum atomic E-state index is 0.269. The zero-order chi connectivity index (χ0) is 9.64. The second kappa shape index (κ2) is 2.83. The standard InChI is InChI=1S/C12H20O/c1-8(7-13)11-9-4-5-10(6-9)12(11,2)3/h7-11H,4-6H2,1-3H3. The molecule has 0 spiro atoms. The van der Waals surface area contributed by atoms with Gasteiger partial charge in [0.25, 0.3) is 0 Å². The Kier molecular flexibility index (Phi) is 2.01. The van der Waals surface area contributed by atoms with E-state index in [1.807, 2.05) is 0 Å². The number of rotatable bonds is 2. The summed E-state index contributed by atoms with van der Waals surface area (Å²) >= 11 is 0. The van der Waals surface area contributed by atoms with Crippen molar-refractivity contribution in [2.45, 2.75) is 40.0 Å². The predicted molar refractivity (Wildman–Crippen MR) is 53.3 cm³/mol. The summed E-state index contributed by atoms with van der Waals surface area (Å²) in [6.07, 6.45) is 5.32. The Balaban J connectivity index is 2.23. The first-order chi connectivity index (χ1) is 6.07. The van der Waals surface area contributed by atoms with E-state index in [-0.39, 0.29) is 5.92 Å². The number of hydrogen-bond acceptors (Lipinski definition) is 1. The van der Waals surface area contributed by atoms with Crippen LogP contribution in [0, 0.1) is 29.1 Å². The maximum Gasteiger partial charge on any atom is 0.123 e. The zero-order valence-corrected chi connectivity index (χ0v) is 8.92. The fourth-order valence-electron chi connectivity index (χ4n) is 4.09. The van der Waals surface area contributed by atoms with Crippen LogP contribution in [0.4, 0.5) is 0 Å². The second-order valence-corrected chi connectivity index (χ2v) is 5.61. The van der Waals surface area contributed by atoms with Crippen molar-refractivity contribution in [3.8, 4) is 0 Å². The third-order valence-electron chi connectivity index (χ3n) is 4.67. The van der Waals surface area contributed by atoms with E-state index < -0.39 is 0 Å². The number of fused-ring (bicyclic) bond motifs is 2. The summed E-state index contributed by atoms with van der Waals surface area (Å²) in [7, 11) is 0. The van der Waals surface area contributed by atoms with E-state index in [0.29, 0.717) is 11.3 Å². The third kappa shape index (κ3) is 1.16. The van der Waals surface area contributed by atoms with Crippen LogP contribution in [0.15, 0.2) is 0 Å². The van der Waals surface area contributed by atoms with Gasteiger partial charge in [0.05, 0.1) is 0 Å². The minimum absolute atomic E-state index is 0.269. The quantitative estimate of drug-likeness (QED) is 0.597. The van der Waals surface area contributed by atoms with Crippen molar-refractivity contribution in [3.05, 3.63) is 0 Å². The van der Waals surface area contributed by atoms with Crippen molar-refractivity contribution < 1.29 is 4.79 Å². The molecule has 0 aromatic rings. The van der Waals surface area contributed by atoms with Gasteiger partial charge in [0.15, 0.2) is 0 Å². The van der Waals surface area contributed by atoms with E-state index in [1.54, 1.807) is 0 Å². The van der Waals surface area contributed by atoms with Crippen LogP contribution in [0.3, 0.4) is 0 Å². The molecule has 1 heteroatoms. The Morgan fingerprint density at radius 1 is 1.38 bits per heavy atom. The second-order valence-electron chi connectivity index (χ2n) is 5.61. The van der Waals surface area contributed by atoms with E-state index in [0.717, 1.165) is 18.1 Å². The fourth-order valence-corrected chi connectivity index (χ4v) is 4.09. The van der Waals surface area contributed by atoms with Crippen LogP contribution in [0.25, 0.3) is 0 Å². The Labute approximate surface area is 80.9 Å². The molecule has 0 saturated heterocycles. The maximum atomic E-state index is 10.9. The summed E-state index contributed by atoms with van der Waals surface area (Å²) in [5, 5.41) is 0. The van der Waals surface area contributed by atoms with E-state index in [2.05, 4.69) is 20.8 Å². The lowest BCUT2D eigenvalue weighted by atomic mass is 9.64. The largest absolute Gasteiger partial charge is 0.303 e. The van der Waals surface area contributed by atoms with Gasteiger partial charge in [0, 0.05) is 5.92 Å². The highest BCUT2D eigenvalue weighted by atomic mass is 16.1. The van der Waals surface area contributed by atoms with Crippen molar-refractivity contribution in [2.24, 2.45) is 29.1 Å². The van der Waals surface area contributed by atoms with E-state index in [4.69, 9.17) is 0 Å². The third-order valence-corrected chi connectivity index (χ3v) is 4.67. The molecule has 0 N–H and O–H groups in total. The van der Waals surface area contributed by atoms with Gasteiger partial charge in [-0.25, -0.2) is 0 Å². The Morgan fingerprint density at radius 2 is 2.08 bits per heavy atom. The van der Waals surface area contributed by atoms with Crippen molar-refractivity contribution in [1.29, 1.82) is 0 Å². The first kappa shape index (κ1) is 9.23. The minimum Gasteiger partial charge on any atom is -0.303 e. The van der Waals surface area contributed by atoms with Crippen LogP contribution in [0.1, 0.15) is 40.0 Å². The normalized spacial score (nSPS) is 43.5. The van der Waals surface area contributed by atoms with Crippen molar-refractivity contribution >= 4 is 6.29 Å². The van der Waals surface area contributed by atoms with Crippen LogP contribution < -0.4 is 0 Å². The van der Waals surface area contributed by atoms with Gasteiger partial charge in [-0.15, -0.1) is 0 Å². The molecule has 74 valence electrons. The molecule has 1 nitrogen and oxygen atoms in total. The highest BCUT2D eigenvalue weighted by Crippen LogP contribution is 2.61. The molecule has 2 fully saturated rings. The van der Waals surface area contributed by atoms with Gasteiger partial charge >= 0.3 is 0 Å². The number of carbonyl (C=O) groups is 1. The van der Waals surface area contributed by atoms with E-state index >= 15 is 0 Å². The molecule has 0 aromatic carbocycles. The van der Waals surface area contributed by atoms with Gasteiger partial charge in [0.2, 0.25) is 0 Å².